The van der Waals surface area contributed by atoms with Gasteiger partial charge in [0.1, 0.15) is 4.83 Å². The van der Waals surface area contributed by atoms with Gasteiger partial charge >= 0.3 is 5.69 Å². The van der Waals surface area contributed by atoms with Crippen molar-refractivity contribution in [3.63, 3.8) is 0 Å². The van der Waals surface area contributed by atoms with Crippen LogP contribution in [0.2, 0.25) is 0 Å². The highest BCUT2D eigenvalue weighted by Crippen LogP contribution is 2.21. The number of aromatic nitrogens is 2. The Morgan fingerprint density at radius 3 is 2.39 bits per heavy atom. The topological polar surface area (TPSA) is 133 Å². The number of aryl methyl sites for hydroxylation is 1. The van der Waals surface area contributed by atoms with Crippen molar-refractivity contribution in [1.29, 1.82) is 0 Å². The van der Waals surface area contributed by atoms with E-state index in [1.54, 1.807) is 19.2 Å². The third-order valence-electron chi connectivity index (χ3n) is 4.30. The van der Waals surface area contributed by atoms with Crippen LogP contribution in [0.25, 0.3) is 10.2 Å². The van der Waals surface area contributed by atoms with E-state index in [2.05, 4.69) is 5.32 Å². The minimum atomic E-state index is -3.74. The molecule has 0 bridgehead atoms. The molecule has 0 aliphatic rings. The maximum atomic E-state index is 12.4. The van der Waals surface area contributed by atoms with Gasteiger partial charge in [0, 0.05) is 20.6 Å². The molecule has 0 saturated carbocycles. The van der Waals surface area contributed by atoms with Crippen LogP contribution in [0.3, 0.4) is 0 Å². The van der Waals surface area contributed by atoms with E-state index in [-0.39, 0.29) is 10.8 Å². The lowest BCUT2D eigenvalue weighted by atomic mass is 10.1. The van der Waals surface area contributed by atoms with Crippen LogP contribution in [0.5, 0.6) is 0 Å². The van der Waals surface area contributed by atoms with Gasteiger partial charge in [-0.1, -0.05) is 12.1 Å². The first-order chi connectivity index (χ1) is 13.1. The number of carbonyl (C=O) groups excluding carboxylic acids is 1. The molecule has 0 saturated heterocycles. The molecule has 3 aromatic rings. The van der Waals surface area contributed by atoms with Gasteiger partial charge in [-0.15, -0.1) is 11.3 Å². The van der Waals surface area contributed by atoms with Gasteiger partial charge in [0.2, 0.25) is 10.0 Å². The van der Waals surface area contributed by atoms with E-state index in [0.717, 1.165) is 21.5 Å². The van der Waals surface area contributed by atoms with E-state index in [1.165, 1.54) is 29.8 Å². The zero-order valence-electron chi connectivity index (χ0n) is 15.1. The Balaban J connectivity index is 1.72. The van der Waals surface area contributed by atoms with Crippen molar-refractivity contribution in [2.75, 3.05) is 6.54 Å². The van der Waals surface area contributed by atoms with Crippen molar-refractivity contribution in [2.45, 2.75) is 11.3 Å². The summed E-state index contributed by atoms with van der Waals surface area (Å²) >= 11 is 1.08. The van der Waals surface area contributed by atoms with Crippen molar-refractivity contribution in [2.24, 2.45) is 19.2 Å². The number of nitrogens with zero attached hydrogens (tertiary/aromatic N) is 2. The number of carbonyl (C=O) groups is 1. The van der Waals surface area contributed by atoms with Gasteiger partial charge in [0.05, 0.1) is 15.2 Å². The zero-order chi connectivity index (χ0) is 20.6. The second kappa shape index (κ2) is 7.34. The number of primary sulfonamides is 1. The highest BCUT2D eigenvalue weighted by molar-refractivity contribution is 7.89. The van der Waals surface area contributed by atoms with E-state index < -0.39 is 21.3 Å². The molecule has 11 heteroatoms. The first-order valence-electron chi connectivity index (χ1n) is 8.19. The molecule has 0 unspecified atom stereocenters. The van der Waals surface area contributed by atoms with Crippen molar-refractivity contribution in [1.82, 2.24) is 14.5 Å². The number of amides is 1. The molecule has 0 fully saturated rings. The molecule has 1 aromatic carbocycles. The fourth-order valence-corrected chi connectivity index (χ4v) is 4.26. The first kappa shape index (κ1) is 20.0. The number of hydrogen-bond acceptors (Lipinski definition) is 6. The Kier molecular flexibility index (Phi) is 5.24. The van der Waals surface area contributed by atoms with Crippen LogP contribution < -0.4 is 21.7 Å². The second-order valence-electron chi connectivity index (χ2n) is 6.23. The maximum absolute atomic E-state index is 12.4. The largest absolute Gasteiger partial charge is 0.351 e. The number of benzene rings is 1. The zero-order valence-corrected chi connectivity index (χ0v) is 16.8. The molecule has 0 atom stereocenters. The molecule has 2 aromatic heterocycles. The van der Waals surface area contributed by atoms with Gasteiger partial charge in [-0.25, -0.2) is 18.4 Å². The highest BCUT2D eigenvalue weighted by atomic mass is 32.2. The standard InChI is InChI=1S/C17H18N4O5S2/c1-20-15(23)12-9-13(27-16(12)21(2)17(20)24)14(22)19-8-7-10-3-5-11(6-4-10)28(18,25)26/h3-6,9H,7-8H2,1-2H3,(H,19,22)(H2,18,25,26). The summed E-state index contributed by atoms with van der Waals surface area (Å²) in [6, 6.07) is 7.57. The molecule has 148 valence electrons. The van der Waals surface area contributed by atoms with E-state index >= 15 is 0 Å². The SMILES string of the molecule is Cn1c(=O)c2cc(C(=O)NCCc3ccc(S(N)(=O)=O)cc3)sc2n(C)c1=O. The Morgan fingerprint density at radius 2 is 1.79 bits per heavy atom. The third-order valence-corrected chi connectivity index (χ3v) is 6.44. The molecular weight excluding hydrogens is 404 g/mol. The number of thiophene rings is 1. The van der Waals surface area contributed by atoms with Gasteiger partial charge in [0.15, 0.2) is 0 Å². The van der Waals surface area contributed by atoms with Gasteiger partial charge < -0.3 is 5.32 Å². The minimum Gasteiger partial charge on any atom is -0.351 e. The van der Waals surface area contributed by atoms with Crippen LogP contribution in [0.15, 0.2) is 44.8 Å². The van der Waals surface area contributed by atoms with Crippen molar-refractivity contribution < 1.29 is 13.2 Å². The average Bonchev–Trinajstić information content (AvgIpc) is 3.10. The molecule has 9 nitrogen and oxygen atoms in total. The predicted octanol–water partition coefficient (Wildman–Crippen LogP) is -0.0814. The fourth-order valence-electron chi connectivity index (χ4n) is 2.73. The summed E-state index contributed by atoms with van der Waals surface area (Å²) in [5.74, 6) is -0.350. The highest BCUT2D eigenvalue weighted by Gasteiger charge is 2.16. The van der Waals surface area contributed by atoms with Crippen LogP contribution in [-0.2, 0) is 30.5 Å². The molecule has 0 radical (unpaired) electrons. The van der Waals surface area contributed by atoms with Crippen molar-refractivity contribution in [3.8, 4) is 0 Å². The lowest BCUT2D eigenvalue weighted by molar-refractivity contribution is 0.0958. The average molecular weight is 422 g/mol. The first-order valence-corrected chi connectivity index (χ1v) is 10.6. The molecule has 0 aliphatic heterocycles. The van der Waals surface area contributed by atoms with Crippen molar-refractivity contribution >= 4 is 37.5 Å². The van der Waals surface area contributed by atoms with E-state index in [9.17, 15) is 22.8 Å². The minimum absolute atomic E-state index is 0.0257. The number of nitrogens with two attached hydrogens (primary N) is 1. The van der Waals surface area contributed by atoms with Crippen LogP contribution >= 0.6 is 11.3 Å². The summed E-state index contributed by atoms with van der Waals surface area (Å²) in [5, 5.41) is 8.13. The van der Waals surface area contributed by atoms with Gasteiger partial charge in [-0.3, -0.25) is 18.7 Å². The number of nitrogens with one attached hydrogen (secondary N) is 1. The lowest BCUT2D eigenvalue weighted by Gasteiger charge is -2.05. The molecule has 3 rings (SSSR count). The number of sulfonamides is 1. The Bertz CT molecular complexity index is 1280. The summed E-state index contributed by atoms with van der Waals surface area (Å²) in [7, 11) is -0.795. The summed E-state index contributed by atoms with van der Waals surface area (Å²) in [4.78, 5) is 37.4. The van der Waals surface area contributed by atoms with Crippen LogP contribution in [-0.4, -0.2) is 30.0 Å². The normalized spacial score (nSPS) is 11.7. The fraction of sp³-hybridized carbons (Fsp3) is 0.235. The molecule has 3 N–H and O–H groups in total. The number of fused-ring (bicyclic) bond motifs is 1. The Labute approximate surface area is 164 Å². The van der Waals surface area contributed by atoms with Gasteiger partial charge in [-0.2, -0.15) is 0 Å². The molecular formula is C17H18N4O5S2. The van der Waals surface area contributed by atoms with Crippen LogP contribution in [0, 0.1) is 0 Å². The molecule has 1 amide bonds. The van der Waals surface area contributed by atoms with E-state index in [0.29, 0.717) is 28.1 Å². The maximum Gasteiger partial charge on any atom is 0.331 e. The van der Waals surface area contributed by atoms with Gasteiger partial charge in [0.25, 0.3) is 11.5 Å². The quantitative estimate of drug-likeness (QED) is 0.593. The molecule has 0 aliphatic carbocycles. The van der Waals surface area contributed by atoms with E-state index in [1.807, 2.05) is 0 Å². The predicted molar refractivity (Wildman–Crippen MR) is 106 cm³/mol. The molecule has 28 heavy (non-hydrogen) atoms. The van der Waals surface area contributed by atoms with Gasteiger partial charge in [-0.05, 0) is 30.2 Å². The summed E-state index contributed by atoms with van der Waals surface area (Å²) < 4.78 is 24.8. The third kappa shape index (κ3) is 3.77. The summed E-state index contributed by atoms with van der Waals surface area (Å²) in [6.07, 6.45) is 0.488. The van der Waals surface area contributed by atoms with Crippen LogP contribution in [0.4, 0.5) is 0 Å². The molecule has 0 spiro atoms. The Morgan fingerprint density at radius 1 is 1.14 bits per heavy atom. The number of hydrogen-bond donors (Lipinski definition) is 2. The second-order valence-corrected chi connectivity index (χ2v) is 8.82. The summed E-state index contributed by atoms with van der Waals surface area (Å²) in [5.41, 5.74) is -0.0575. The van der Waals surface area contributed by atoms with Crippen LogP contribution in [0.1, 0.15) is 15.2 Å². The lowest BCUT2D eigenvalue weighted by Crippen LogP contribution is -2.36. The smallest absolute Gasteiger partial charge is 0.331 e. The van der Waals surface area contributed by atoms with Crippen molar-refractivity contribution in [3.05, 3.63) is 61.6 Å². The Hall–Kier alpha value is -2.76. The monoisotopic (exact) mass is 422 g/mol. The molecule has 2 heterocycles. The number of rotatable bonds is 5. The summed E-state index contributed by atoms with van der Waals surface area (Å²) in [6.45, 7) is 0.318. The van der Waals surface area contributed by atoms with E-state index in [4.69, 9.17) is 5.14 Å².